The molecule has 15 heteroatoms. The Bertz CT molecular complexity index is 2100. The number of hydrogen-bond donors (Lipinski definition) is 0. The van der Waals surface area contributed by atoms with Crippen molar-refractivity contribution in [3.8, 4) is 29.5 Å². The zero-order valence-electron chi connectivity index (χ0n) is 30.9. The molecule has 56 heavy (non-hydrogen) atoms. The molecule has 12 nitrogen and oxygen atoms in total. The second kappa shape index (κ2) is 16.5. The van der Waals surface area contributed by atoms with E-state index in [1.165, 1.54) is 15.9 Å². The summed E-state index contributed by atoms with van der Waals surface area (Å²) in [5.41, 5.74) is 1.16. The highest BCUT2D eigenvalue weighted by atomic mass is 19.4. The maximum absolute atomic E-state index is 14.5. The van der Waals surface area contributed by atoms with Crippen molar-refractivity contribution >= 4 is 17.7 Å². The number of carbonyl (C=O) groups is 3. The number of amides is 3. The maximum atomic E-state index is 14.5. The standard InChI is InChI=1S/C41H42F3N7O5/c1-3-14-48(2)38(52)18-28-12-15-49-23-31(28)13-16-55-37-20-32(41(42,43)44)19-35(45-37)29-10-7-11-30(17-29)39(53)51-25-34(21-36(51)40(49)54)56-26-33-24-50(47-46-33)22-27-8-5-4-6-9-27/h1,4-11,17,19-20,24,28,31,34,36H,12-16,18,21-23,25-26H2,2H3/t28-,31-,34+,36-/m0/s1. The van der Waals surface area contributed by atoms with Crippen LogP contribution in [0.1, 0.15) is 52.9 Å². The molecule has 0 N–H and O–H groups in total. The minimum absolute atomic E-state index is 0.00525. The molecule has 5 heterocycles. The third-order valence-electron chi connectivity index (χ3n) is 10.7. The fourth-order valence-electron chi connectivity index (χ4n) is 7.71. The average Bonchev–Trinajstić information content (AvgIpc) is 3.84. The first-order valence-corrected chi connectivity index (χ1v) is 18.6. The molecule has 7 rings (SSSR count). The molecule has 2 fully saturated rings. The van der Waals surface area contributed by atoms with Crippen LogP contribution in [0.25, 0.3) is 11.3 Å². The second-order valence-corrected chi connectivity index (χ2v) is 14.6. The van der Waals surface area contributed by atoms with E-state index in [1.54, 1.807) is 41.0 Å². The van der Waals surface area contributed by atoms with Gasteiger partial charge in [-0.25, -0.2) is 9.67 Å². The van der Waals surface area contributed by atoms with Gasteiger partial charge in [0.05, 0.1) is 49.9 Å². The van der Waals surface area contributed by atoms with Gasteiger partial charge in [0.15, 0.2) is 0 Å². The van der Waals surface area contributed by atoms with E-state index in [4.69, 9.17) is 15.9 Å². The van der Waals surface area contributed by atoms with Gasteiger partial charge in [0.2, 0.25) is 17.7 Å². The van der Waals surface area contributed by atoms with E-state index < -0.39 is 29.8 Å². The Labute approximate surface area is 322 Å². The number of pyridine rings is 1. The van der Waals surface area contributed by atoms with Crippen molar-refractivity contribution in [1.82, 2.24) is 34.7 Å². The van der Waals surface area contributed by atoms with E-state index in [1.807, 2.05) is 30.3 Å². The van der Waals surface area contributed by atoms with Crippen molar-refractivity contribution in [3.05, 3.63) is 95.3 Å². The molecule has 3 aliphatic rings. The molecule has 292 valence electrons. The van der Waals surface area contributed by atoms with Crippen molar-refractivity contribution in [3.63, 3.8) is 0 Å². The Morgan fingerprint density at radius 2 is 1.86 bits per heavy atom. The van der Waals surface area contributed by atoms with Gasteiger partial charge in [-0.15, -0.1) is 11.5 Å². The van der Waals surface area contributed by atoms with Gasteiger partial charge in [0.25, 0.3) is 5.91 Å². The van der Waals surface area contributed by atoms with E-state index in [9.17, 15) is 27.6 Å². The number of rotatable bonds is 8. The van der Waals surface area contributed by atoms with Gasteiger partial charge >= 0.3 is 6.18 Å². The van der Waals surface area contributed by atoms with Gasteiger partial charge < -0.3 is 24.2 Å². The summed E-state index contributed by atoms with van der Waals surface area (Å²) in [6.45, 7) is 1.53. The van der Waals surface area contributed by atoms with Crippen molar-refractivity contribution in [1.29, 1.82) is 0 Å². The van der Waals surface area contributed by atoms with Crippen LogP contribution in [0, 0.1) is 24.2 Å². The van der Waals surface area contributed by atoms with Crippen LogP contribution < -0.4 is 4.74 Å². The molecule has 0 aliphatic carbocycles. The van der Waals surface area contributed by atoms with Crippen LogP contribution in [0.5, 0.6) is 5.88 Å². The maximum Gasteiger partial charge on any atom is 0.416 e. The van der Waals surface area contributed by atoms with Crippen molar-refractivity contribution in [2.45, 2.75) is 57.2 Å². The van der Waals surface area contributed by atoms with E-state index in [2.05, 4.69) is 21.2 Å². The molecule has 2 aromatic carbocycles. The van der Waals surface area contributed by atoms with Gasteiger partial charge in [-0.3, -0.25) is 14.4 Å². The van der Waals surface area contributed by atoms with Crippen molar-refractivity contribution in [2.75, 3.05) is 39.8 Å². The molecule has 6 bridgehead atoms. The lowest BCUT2D eigenvalue weighted by Gasteiger charge is -2.40. The monoisotopic (exact) mass is 769 g/mol. The van der Waals surface area contributed by atoms with Crippen LogP contribution >= 0.6 is 0 Å². The molecular weight excluding hydrogens is 727 g/mol. The zero-order valence-corrected chi connectivity index (χ0v) is 30.9. The molecule has 3 amide bonds. The highest BCUT2D eigenvalue weighted by Crippen LogP contribution is 2.36. The summed E-state index contributed by atoms with van der Waals surface area (Å²) >= 11 is 0. The predicted octanol–water partition coefficient (Wildman–Crippen LogP) is 4.94. The van der Waals surface area contributed by atoms with Crippen molar-refractivity contribution < 1.29 is 37.0 Å². The molecule has 0 unspecified atom stereocenters. The van der Waals surface area contributed by atoms with Gasteiger partial charge in [0.1, 0.15) is 11.7 Å². The predicted molar refractivity (Wildman–Crippen MR) is 198 cm³/mol. The lowest BCUT2D eigenvalue weighted by atomic mass is 9.80. The molecule has 2 aromatic heterocycles. The Morgan fingerprint density at radius 3 is 2.64 bits per heavy atom. The summed E-state index contributed by atoms with van der Waals surface area (Å²) in [6, 6.07) is 16.9. The number of aromatic nitrogens is 4. The number of hydrogen-bond acceptors (Lipinski definition) is 8. The molecule has 4 atom stereocenters. The van der Waals surface area contributed by atoms with Crippen LogP contribution in [-0.2, 0) is 33.7 Å². The van der Waals surface area contributed by atoms with E-state index in [0.29, 0.717) is 31.6 Å². The normalized spacial score (nSPS) is 21.3. The van der Waals surface area contributed by atoms with E-state index >= 15 is 0 Å². The summed E-state index contributed by atoms with van der Waals surface area (Å²) in [5, 5.41) is 8.47. The summed E-state index contributed by atoms with van der Waals surface area (Å²) in [5.74, 6) is 1.03. The van der Waals surface area contributed by atoms with Crippen LogP contribution in [0.3, 0.4) is 0 Å². The molecule has 3 aliphatic heterocycles. The van der Waals surface area contributed by atoms with Gasteiger partial charge in [-0.2, -0.15) is 13.2 Å². The average molecular weight is 770 g/mol. The van der Waals surface area contributed by atoms with Gasteiger partial charge in [-0.05, 0) is 48.4 Å². The fourth-order valence-corrected chi connectivity index (χ4v) is 7.71. The first-order valence-electron chi connectivity index (χ1n) is 18.6. The van der Waals surface area contributed by atoms with Crippen LogP contribution in [0.15, 0.2) is 72.9 Å². The lowest BCUT2D eigenvalue weighted by molar-refractivity contribution is -0.139. The van der Waals surface area contributed by atoms with Crippen molar-refractivity contribution in [2.24, 2.45) is 11.8 Å². The minimum Gasteiger partial charge on any atom is -0.478 e. The Kier molecular flexibility index (Phi) is 11.4. The topological polar surface area (TPSA) is 123 Å². The summed E-state index contributed by atoms with van der Waals surface area (Å²) in [7, 11) is 1.63. The number of carbonyl (C=O) groups excluding carboxylic acids is 3. The first kappa shape index (κ1) is 38.5. The van der Waals surface area contributed by atoms with Crippen LogP contribution in [0.4, 0.5) is 13.2 Å². The summed E-state index contributed by atoms with van der Waals surface area (Å²) in [6.07, 6.45) is 3.28. The third kappa shape index (κ3) is 8.86. The lowest BCUT2D eigenvalue weighted by Crippen LogP contribution is -2.52. The molecule has 0 saturated carbocycles. The summed E-state index contributed by atoms with van der Waals surface area (Å²) in [4.78, 5) is 51.0. The number of fused-ring (bicyclic) bond motifs is 8. The third-order valence-corrected chi connectivity index (χ3v) is 10.7. The molecule has 0 spiro atoms. The SMILES string of the molecule is C#CCN(C)C(=O)C[C@@H]1CCN2C[C@@H]1CCOc1cc(C(F)(F)F)cc(n1)-c1cccc(c1)C(=O)N1C[C@H](OCc3cn(Cc4ccccc4)nn3)C[C@H]1C2=O. The van der Waals surface area contributed by atoms with Gasteiger partial charge in [-0.1, -0.05) is 53.6 Å². The number of piperidine rings is 1. The molecule has 0 radical (unpaired) electrons. The number of nitrogens with zero attached hydrogens (tertiary/aromatic N) is 7. The minimum atomic E-state index is -4.68. The van der Waals surface area contributed by atoms with Crippen LogP contribution in [-0.4, -0.2) is 104 Å². The number of terminal acetylenes is 1. The number of alkyl halides is 3. The Morgan fingerprint density at radius 1 is 1.05 bits per heavy atom. The number of benzene rings is 2. The number of halogens is 3. The first-order chi connectivity index (χ1) is 26.9. The largest absolute Gasteiger partial charge is 0.478 e. The summed E-state index contributed by atoms with van der Waals surface area (Å²) < 4.78 is 56.2. The quantitative estimate of drug-likeness (QED) is 0.231. The zero-order chi connectivity index (χ0) is 39.4. The number of ether oxygens (including phenoxy) is 2. The van der Waals surface area contributed by atoms with E-state index in [0.717, 1.165) is 17.7 Å². The van der Waals surface area contributed by atoms with E-state index in [-0.39, 0.29) is 92.0 Å². The second-order valence-electron chi connectivity index (χ2n) is 14.6. The smallest absolute Gasteiger partial charge is 0.416 e. The highest BCUT2D eigenvalue weighted by Gasteiger charge is 2.44. The van der Waals surface area contributed by atoms with Crippen LogP contribution in [0.2, 0.25) is 0 Å². The Hall–Kier alpha value is -5.75. The molecular formula is C41H42F3N7O5. The van der Waals surface area contributed by atoms with Gasteiger partial charge in [0, 0.05) is 56.7 Å². The Balaban J connectivity index is 1.17. The molecule has 4 aromatic rings. The highest BCUT2D eigenvalue weighted by molar-refractivity contribution is 5.99. The fraction of sp³-hybridized carbons (Fsp3) is 0.415. The molecule has 2 saturated heterocycles.